The third-order valence-electron chi connectivity index (χ3n) is 4.41. The molecule has 8 heteroatoms. The van der Waals surface area contributed by atoms with Crippen molar-refractivity contribution in [3.8, 4) is 0 Å². The first kappa shape index (κ1) is 19.3. The molecule has 2 aromatic carbocycles. The summed E-state index contributed by atoms with van der Waals surface area (Å²) in [5.74, 6) is -0.0300. The maximum absolute atomic E-state index is 12.4. The van der Waals surface area contributed by atoms with Gasteiger partial charge in [0.25, 0.3) is 10.0 Å². The van der Waals surface area contributed by atoms with Crippen LogP contribution in [0.4, 0.5) is 11.4 Å². The molecule has 0 spiro atoms. The van der Waals surface area contributed by atoms with Gasteiger partial charge < -0.3 is 10.6 Å². The van der Waals surface area contributed by atoms with Crippen LogP contribution < -0.4 is 15.4 Å². The highest BCUT2D eigenvalue weighted by atomic mass is 32.2. The summed E-state index contributed by atoms with van der Waals surface area (Å²) in [6.07, 6.45) is 3.95. The zero-order valence-corrected chi connectivity index (χ0v) is 16.3. The van der Waals surface area contributed by atoms with E-state index in [-0.39, 0.29) is 21.8 Å². The average Bonchev–Trinajstić information content (AvgIpc) is 3.17. The van der Waals surface area contributed by atoms with E-state index in [9.17, 15) is 13.2 Å². The first-order valence-corrected chi connectivity index (χ1v) is 10.6. The molecule has 0 unspecified atom stereocenters. The van der Waals surface area contributed by atoms with Gasteiger partial charge in [0.05, 0.1) is 4.90 Å². The highest BCUT2D eigenvalue weighted by molar-refractivity contribution is 7.92. The lowest BCUT2D eigenvalue weighted by atomic mass is 10.1. The zero-order valence-electron chi connectivity index (χ0n) is 14.6. The molecular formula is C19H21N3O3S2. The van der Waals surface area contributed by atoms with Crippen LogP contribution >= 0.6 is 12.2 Å². The molecule has 0 bridgehead atoms. The van der Waals surface area contributed by atoms with Crippen molar-refractivity contribution in [2.24, 2.45) is 5.92 Å². The number of anilines is 2. The van der Waals surface area contributed by atoms with Crippen LogP contribution in [0, 0.1) is 5.92 Å². The number of hydrogen-bond donors (Lipinski definition) is 3. The number of thiocarbonyl (C=S) groups is 1. The third-order valence-corrected chi connectivity index (χ3v) is 6.01. The molecule has 1 saturated carbocycles. The molecule has 1 amide bonds. The van der Waals surface area contributed by atoms with Gasteiger partial charge in [-0.05, 0) is 61.5 Å². The van der Waals surface area contributed by atoms with Crippen molar-refractivity contribution in [1.82, 2.24) is 5.32 Å². The Morgan fingerprint density at radius 2 is 1.56 bits per heavy atom. The van der Waals surface area contributed by atoms with Gasteiger partial charge in [-0.15, -0.1) is 0 Å². The summed E-state index contributed by atoms with van der Waals surface area (Å²) in [7, 11) is -3.67. The minimum atomic E-state index is -3.67. The molecule has 6 nitrogen and oxygen atoms in total. The number of nitrogens with one attached hydrogen (secondary N) is 3. The first-order chi connectivity index (χ1) is 12.9. The van der Waals surface area contributed by atoms with Gasteiger partial charge in [-0.3, -0.25) is 9.52 Å². The van der Waals surface area contributed by atoms with E-state index in [1.54, 1.807) is 36.4 Å². The van der Waals surface area contributed by atoms with E-state index in [4.69, 9.17) is 12.2 Å². The topological polar surface area (TPSA) is 87.3 Å². The number of carbonyl (C=O) groups excluding carboxylic acids is 1. The number of hydrogen-bond acceptors (Lipinski definition) is 4. The fraction of sp³-hybridized carbons (Fsp3) is 0.263. The zero-order chi connectivity index (χ0) is 19.3. The molecule has 0 aromatic heterocycles. The molecule has 0 heterocycles. The molecule has 0 saturated heterocycles. The first-order valence-electron chi connectivity index (χ1n) is 8.74. The van der Waals surface area contributed by atoms with E-state index in [1.165, 1.54) is 12.1 Å². The van der Waals surface area contributed by atoms with Gasteiger partial charge in [-0.2, -0.15) is 0 Å². The van der Waals surface area contributed by atoms with Gasteiger partial charge in [0.2, 0.25) is 5.91 Å². The van der Waals surface area contributed by atoms with Crippen LogP contribution in [0.5, 0.6) is 0 Å². The Morgan fingerprint density at radius 3 is 2.19 bits per heavy atom. The number of carbonyl (C=O) groups is 1. The lowest BCUT2D eigenvalue weighted by Crippen LogP contribution is -2.37. The number of rotatable bonds is 5. The monoisotopic (exact) mass is 403 g/mol. The molecular weight excluding hydrogens is 382 g/mol. The Bertz CT molecular complexity index is 907. The van der Waals surface area contributed by atoms with Gasteiger partial charge in [0.1, 0.15) is 0 Å². The summed E-state index contributed by atoms with van der Waals surface area (Å²) in [6.45, 7) is 0. The second kappa shape index (κ2) is 8.49. The molecule has 1 fully saturated rings. The second-order valence-corrected chi connectivity index (χ2v) is 8.51. The second-order valence-electron chi connectivity index (χ2n) is 6.42. The molecule has 0 aliphatic heterocycles. The van der Waals surface area contributed by atoms with Gasteiger partial charge in [-0.1, -0.05) is 31.0 Å². The molecule has 2 aromatic rings. The van der Waals surface area contributed by atoms with Crippen molar-refractivity contribution >= 4 is 44.6 Å². The maximum atomic E-state index is 12.4. The van der Waals surface area contributed by atoms with E-state index in [2.05, 4.69) is 15.4 Å². The van der Waals surface area contributed by atoms with Gasteiger partial charge >= 0.3 is 0 Å². The maximum Gasteiger partial charge on any atom is 0.261 e. The lowest BCUT2D eigenvalue weighted by Gasteiger charge is -2.13. The van der Waals surface area contributed by atoms with Crippen molar-refractivity contribution in [1.29, 1.82) is 0 Å². The van der Waals surface area contributed by atoms with E-state index in [0.29, 0.717) is 11.4 Å². The van der Waals surface area contributed by atoms with E-state index in [1.807, 2.05) is 6.07 Å². The van der Waals surface area contributed by atoms with Gasteiger partial charge in [-0.25, -0.2) is 8.42 Å². The number of sulfonamides is 1. The fourth-order valence-corrected chi connectivity index (χ4v) is 4.28. The van der Waals surface area contributed by atoms with Crippen LogP contribution in [0.3, 0.4) is 0 Å². The summed E-state index contributed by atoms with van der Waals surface area (Å²) < 4.78 is 27.3. The van der Waals surface area contributed by atoms with Crippen LogP contribution in [0.15, 0.2) is 59.5 Å². The highest BCUT2D eigenvalue weighted by Crippen LogP contribution is 2.24. The standard InChI is InChI=1S/C19H21N3O3S2/c23-18(14-6-4-5-7-14)21-19(26)20-15-10-12-17(13-11-15)27(24,25)22-16-8-2-1-3-9-16/h1-3,8-14,22H,4-7H2,(H2,20,21,23,26). The van der Waals surface area contributed by atoms with Crippen molar-refractivity contribution in [2.75, 3.05) is 10.0 Å². The van der Waals surface area contributed by atoms with E-state index in [0.717, 1.165) is 25.7 Å². The summed E-state index contributed by atoms with van der Waals surface area (Å²) >= 11 is 5.17. The van der Waals surface area contributed by atoms with Gasteiger partial charge in [0, 0.05) is 17.3 Å². The molecule has 3 N–H and O–H groups in total. The Kier molecular flexibility index (Phi) is 6.08. The Balaban J connectivity index is 1.59. The Hall–Kier alpha value is -2.45. The summed E-state index contributed by atoms with van der Waals surface area (Å²) in [5, 5.41) is 5.82. The number of benzene rings is 2. The van der Waals surface area contributed by atoms with Crippen molar-refractivity contribution < 1.29 is 13.2 Å². The van der Waals surface area contributed by atoms with Crippen LogP contribution in [-0.4, -0.2) is 19.4 Å². The molecule has 27 heavy (non-hydrogen) atoms. The molecule has 0 atom stereocenters. The Morgan fingerprint density at radius 1 is 0.926 bits per heavy atom. The number of amides is 1. The van der Waals surface area contributed by atoms with Crippen LogP contribution in [0.1, 0.15) is 25.7 Å². The SMILES string of the molecule is O=C(NC(=S)Nc1ccc(S(=O)(=O)Nc2ccccc2)cc1)C1CCCC1. The van der Waals surface area contributed by atoms with Crippen LogP contribution in [0.2, 0.25) is 0 Å². The summed E-state index contributed by atoms with van der Waals surface area (Å²) in [4.78, 5) is 12.2. The smallest absolute Gasteiger partial charge is 0.261 e. The lowest BCUT2D eigenvalue weighted by molar-refractivity contribution is -0.123. The predicted octanol–water partition coefficient (Wildman–Crippen LogP) is 3.49. The minimum absolute atomic E-state index is 0.0290. The molecule has 1 aliphatic rings. The molecule has 142 valence electrons. The Labute approximate surface area is 164 Å². The van der Waals surface area contributed by atoms with Crippen LogP contribution in [-0.2, 0) is 14.8 Å². The third kappa shape index (κ3) is 5.27. The summed E-state index contributed by atoms with van der Waals surface area (Å²) in [5.41, 5.74) is 1.10. The van der Waals surface area contributed by atoms with Crippen molar-refractivity contribution in [2.45, 2.75) is 30.6 Å². The number of para-hydroxylation sites is 1. The largest absolute Gasteiger partial charge is 0.332 e. The van der Waals surface area contributed by atoms with Gasteiger partial charge in [0.15, 0.2) is 5.11 Å². The molecule has 3 rings (SSSR count). The normalized spacial score (nSPS) is 14.5. The van der Waals surface area contributed by atoms with E-state index >= 15 is 0 Å². The van der Waals surface area contributed by atoms with Crippen molar-refractivity contribution in [3.63, 3.8) is 0 Å². The average molecular weight is 404 g/mol. The van der Waals surface area contributed by atoms with Crippen LogP contribution in [0.25, 0.3) is 0 Å². The predicted molar refractivity (Wildman–Crippen MR) is 110 cm³/mol. The summed E-state index contributed by atoms with van der Waals surface area (Å²) in [6, 6.07) is 14.9. The van der Waals surface area contributed by atoms with E-state index < -0.39 is 10.0 Å². The van der Waals surface area contributed by atoms with Crippen molar-refractivity contribution in [3.05, 3.63) is 54.6 Å². The quantitative estimate of drug-likeness (QED) is 0.665. The minimum Gasteiger partial charge on any atom is -0.332 e. The molecule has 0 radical (unpaired) electrons. The fourth-order valence-electron chi connectivity index (χ4n) is 3.00. The highest BCUT2D eigenvalue weighted by Gasteiger charge is 2.23. The molecule has 1 aliphatic carbocycles.